The maximum Gasteiger partial charge on any atom is 0.161 e. The quantitative estimate of drug-likeness (QED) is 0.863. The molecule has 0 aliphatic rings. The molecule has 0 N–H and O–H groups in total. The molecular formula is C12H13NO2S2. The van der Waals surface area contributed by atoms with Crippen LogP contribution in [0.4, 0.5) is 0 Å². The van der Waals surface area contributed by atoms with Crippen LogP contribution in [0, 0.1) is 0 Å². The summed E-state index contributed by atoms with van der Waals surface area (Å²) in [7, 11) is 3.25. The molecule has 2 rings (SSSR count). The van der Waals surface area contributed by atoms with Crippen LogP contribution in [0.15, 0.2) is 23.6 Å². The van der Waals surface area contributed by atoms with Gasteiger partial charge < -0.3 is 9.47 Å². The van der Waals surface area contributed by atoms with E-state index in [1.807, 2.05) is 23.6 Å². The number of ether oxygens (including phenoxy) is 2. The molecule has 0 atom stereocenters. The summed E-state index contributed by atoms with van der Waals surface area (Å²) >= 11 is 5.81. The van der Waals surface area contributed by atoms with Crippen molar-refractivity contribution in [1.29, 1.82) is 0 Å². The summed E-state index contributed by atoms with van der Waals surface area (Å²) in [5.41, 5.74) is 2.02. The minimum absolute atomic E-state index is 0.657. The predicted octanol–water partition coefficient (Wildman–Crippen LogP) is 3.26. The zero-order chi connectivity index (χ0) is 12.3. The first-order chi connectivity index (χ1) is 8.28. The molecule has 0 saturated heterocycles. The van der Waals surface area contributed by atoms with Gasteiger partial charge in [0.15, 0.2) is 11.5 Å². The summed E-state index contributed by atoms with van der Waals surface area (Å²) in [6, 6.07) is 5.79. The third kappa shape index (κ3) is 2.56. The normalized spacial score (nSPS) is 10.3. The van der Waals surface area contributed by atoms with Crippen molar-refractivity contribution in [3.63, 3.8) is 0 Å². The maximum absolute atomic E-state index is 5.27. The SMILES string of the molecule is COc1ccc(-c2nc(CS)cs2)cc1OC. The molecule has 0 aliphatic carbocycles. The first-order valence-electron chi connectivity index (χ1n) is 5.06. The molecule has 0 saturated carbocycles. The van der Waals surface area contributed by atoms with E-state index in [9.17, 15) is 0 Å². The largest absolute Gasteiger partial charge is 0.493 e. The molecule has 90 valence electrons. The molecule has 2 aromatic rings. The highest BCUT2D eigenvalue weighted by Gasteiger charge is 2.08. The Morgan fingerprint density at radius 3 is 2.59 bits per heavy atom. The van der Waals surface area contributed by atoms with E-state index in [-0.39, 0.29) is 0 Å². The number of hydrogen-bond acceptors (Lipinski definition) is 5. The van der Waals surface area contributed by atoms with E-state index in [0.29, 0.717) is 11.5 Å². The second-order valence-electron chi connectivity index (χ2n) is 3.37. The third-order valence-electron chi connectivity index (χ3n) is 2.34. The number of rotatable bonds is 4. The number of thiol groups is 1. The van der Waals surface area contributed by atoms with Crippen molar-refractivity contribution in [3.8, 4) is 22.1 Å². The van der Waals surface area contributed by atoms with Crippen LogP contribution >= 0.6 is 24.0 Å². The lowest BCUT2D eigenvalue weighted by molar-refractivity contribution is 0.355. The molecular weight excluding hydrogens is 254 g/mol. The molecule has 0 unspecified atom stereocenters. The summed E-state index contributed by atoms with van der Waals surface area (Å²) in [6.07, 6.45) is 0. The Labute approximate surface area is 110 Å². The van der Waals surface area contributed by atoms with Crippen LogP contribution < -0.4 is 9.47 Å². The van der Waals surface area contributed by atoms with Gasteiger partial charge in [0.1, 0.15) is 5.01 Å². The smallest absolute Gasteiger partial charge is 0.161 e. The Kier molecular flexibility index (Phi) is 3.91. The fourth-order valence-corrected chi connectivity index (χ4v) is 2.58. The van der Waals surface area contributed by atoms with Gasteiger partial charge in [-0.05, 0) is 18.2 Å². The van der Waals surface area contributed by atoms with Gasteiger partial charge in [-0.15, -0.1) is 11.3 Å². The van der Waals surface area contributed by atoms with Crippen LogP contribution in [0.25, 0.3) is 10.6 Å². The summed E-state index contributed by atoms with van der Waals surface area (Å²) in [6.45, 7) is 0. The summed E-state index contributed by atoms with van der Waals surface area (Å²) in [4.78, 5) is 4.48. The molecule has 5 heteroatoms. The fourth-order valence-electron chi connectivity index (χ4n) is 1.48. The van der Waals surface area contributed by atoms with Crippen LogP contribution in [-0.4, -0.2) is 19.2 Å². The van der Waals surface area contributed by atoms with Crippen molar-refractivity contribution < 1.29 is 9.47 Å². The van der Waals surface area contributed by atoms with Crippen molar-refractivity contribution in [2.24, 2.45) is 0 Å². The minimum Gasteiger partial charge on any atom is -0.493 e. The third-order valence-corrected chi connectivity index (χ3v) is 3.61. The van der Waals surface area contributed by atoms with Gasteiger partial charge in [-0.25, -0.2) is 4.98 Å². The van der Waals surface area contributed by atoms with Gasteiger partial charge in [0.25, 0.3) is 0 Å². The van der Waals surface area contributed by atoms with Crippen molar-refractivity contribution in [2.45, 2.75) is 5.75 Å². The lowest BCUT2D eigenvalue weighted by Gasteiger charge is -2.08. The molecule has 17 heavy (non-hydrogen) atoms. The van der Waals surface area contributed by atoms with E-state index in [2.05, 4.69) is 17.6 Å². The number of methoxy groups -OCH3 is 2. The minimum atomic E-state index is 0.657. The van der Waals surface area contributed by atoms with E-state index in [0.717, 1.165) is 22.0 Å². The lowest BCUT2D eigenvalue weighted by atomic mass is 10.2. The average Bonchev–Trinajstić information content (AvgIpc) is 2.86. The highest BCUT2D eigenvalue weighted by Crippen LogP contribution is 2.33. The van der Waals surface area contributed by atoms with E-state index >= 15 is 0 Å². The van der Waals surface area contributed by atoms with Crippen LogP contribution in [0.1, 0.15) is 5.69 Å². The first kappa shape index (κ1) is 12.3. The maximum atomic E-state index is 5.27. The van der Waals surface area contributed by atoms with Crippen LogP contribution in [-0.2, 0) is 5.75 Å². The molecule has 0 spiro atoms. The molecule has 1 aromatic carbocycles. The Morgan fingerprint density at radius 1 is 1.24 bits per heavy atom. The monoisotopic (exact) mass is 267 g/mol. The second kappa shape index (κ2) is 5.42. The zero-order valence-corrected chi connectivity index (χ0v) is 11.3. The van der Waals surface area contributed by atoms with Crippen molar-refractivity contribution >= 4 is 24.0 Å². The van der Waals surface area contributed by atoms with E-state index in [4.69, 9.17) is 9.47 Å². The summed E-state index contributed by atoms with van der Waals surface area (Å²) in [5, 5.41) is 2.98. The van der Waals surface area contributed by atoms with Gasteiger partial charge in [0.2, 0.25) is 0 Å². The topological polar surface area (TPSA) is 31.4 Å². The predicted molar refractivity (Wildman–Crippen MR) is 73.3 cm³/mol. The molecule has 3 nitrogen and oxygen atoms in total. The lowest BCUT2D eigenvalue weighted by Crippen LogP contribution is -1.90. The van der Waals surface area contributed by atoms with Crippen LogP contribution in [0.5, 0.6) is 11.5 Å². The summed E-state index contributed by atoms with van der Waals surface area (Å²) in [5.74, 6) is 2.10. The zero-order valence-electron chi connectivity index (χ0n) is 9.64. The fraction of sp³-hybridized carbons (Fsp3) is 0.250. The van der Waals surface area contributed by atoms with Crippen molar-refractivity contribution in [3.05, 3.63) is 29.3 Å². The molecule has 1 aromatic heterocycles. The number of aromatic nitrogens is 1. The molecule has 1 heterocycles. The molecule has 0 amide bonds. The Bertz CT molecular complexity index is 511. The number of hydrogen-bond donors (Lipinski definition) is 1. The number of nitrogens with zero attached hydrogens (tertiary/aromatic N) is 1. The van der Waals surface area contributed by atoms with Gasteiger partial charge in [-0.3, -0.25) is 0 Å². The van der Waals surface area contributed by atoms with Crippen LogP contribution in [0.2, 0.25) is 0 Å². The molecule has 0 fully saturated rings. The molecule has 0 radical (unpaired) electrons. The highest BCUT2D eigenvalue weighted by atomic mass is 32.1. The Morgan fingerprint density at radius 2 is 2.00 bits per heavy atom. The summed E-state index contributed by atoms with van der Waals surface area (Å²) < 4.78 is 10.5. The van der Waals surface area contributed by atoms with Gasteiger partial charge in [0.05, 0.1) is 19.9 Å². The van der Waals surface area contributed by atoms with Gasteiger partial charge in [-0.1, -0.05) is 0 Å². The Hall–Kier alpha value is -1.20. The molecule has 0 aliphatic heterocycles. The van der Waals surface area contributed by atoms with E-state index in [1.165, 1.54) is 0 Å². The molecule has 0 bridgehead atoms. The van der Waals surface area contributed by atoms with Crippen molar-refractivity contribution in [2.75, 3.05) is 14.2 Å². The van der Waals surface area contributed by atoms with Gasteiger partial charge in [-0.2, -0.15) is 12.6 Å². The van der Waals surface area contributed by atoms with Crippen LogP contribution in [0.3, 0.4) is 0 Å². The van der Waals surface area contributed by atoms with E-state index < -0.39 is 0 Å². The highest BCUT2D eigenvalue weighted by molar-refractivity contribution is 7.79. The first-order valence-corrected chi connectivity index (χ1v) is 6.57. The second-order valence-corrected chi connectivity index (χ2v) is 4.55. The standard InChI is InChI=1S/C12H13NO2S2/c1-14-10-4-3-8(5-11(10)15-2)12-13-9(6-16)7-17-12/h3-5,7,16H,6H2,1-2H3. The average molecular weight is 267 g/mol. The number of thiazole rings is 1. The Balaban J connectivity index is 2.38. The number of benzene rings is 1. The van der Waals surface area contributed by atoms with Crippen molar-refractivity contribution in [1.82, 2.24) is 4.98 Å². The van der Waals surface area contributed by atoms with E-state index in [1.54, 1.807) is 25.6 Å². The van der Waals surface area contributed by atoms with Gasteiger partial charge >= 0.3 is 0 Å². The van der Waals surface area contributed by atoms with Gasteiger partial charge in [0, 0.05) is 16.7 Å².